The van der Waals surface area contributed by atoms with E-state index in [4.69, 9.17) is 0 Å². The van der Waals surface area contributed by atoms with Crippen molar-refractivity contribution in [3.8, 4) is 0 Å². The van der Waals surface area contributed by atoms with Crippen molar-refractivity contribution in [2.24, 2.45) is 0 Å². The van der Waals surface area contributed by atoms with Crippen LogP contribution in [0.2, 0.25) is 0 Å². The van der Waals surface area contributed by atoms with Crippen molar-refractivity contribution in [2.75, 3.05) is 10.8 Å². The maximum Gasteiger partial charge on any atom is 0.258 e. The number of hydrogen-bond donors (Lipinski definition) is 1. The zero-order valence-corrected chi connectivity index (χ0v) is 13.0. The molecule has 1 N–H and O–H groups in total. The van der Waals surface area contributed by atoms with E-state index >= 15 is 0 Å². The monoisotopic (exact) mass is 310 g/mol. The average Bonchev–Trinajstić information content (AvgIpc) is 2.55. The molecule has 0 bridgehead atoms. The molecule has 0 saturated carbocycles. The maximum absolute atomic E-state index is 13.6. The van der Waals surface area contributed by atoms with Gasteiger partial charge in [-0.05, 0) is 57.0 Å². The summed E-state index contributed by atoms with van der Waals surface area (Å²) in [7, 11) is -3.56. The zero-order valence-electron chi connectivity index (χ0n) is 12.1. The van der Waals surface area contributed by atoms with Gasteiger partial charge < -0.3 is 5.32 Å². The minimum Gasteiger partial charge on any atom is -0.314 e. The summed E-state index contributed by atoms with van der Waals surface area (Å²) in [6, 6.07) is 6.03. The Kier molecular flexibility index (Phi) is 3.33. The number of nitrogens with zero attached hydrogens (tertiary/aromatic N) is 1. The zero-order chi connectivity index (χ0) is 15.3. The Morgan fingerprint density at radius 1 is 1.43 bits per heavy atom. The summed E-state index contributed by atoms with van der Waals surface area (Å²) >= 11 is 0. The molecule has 6 heteroatoms. The van der Waals surface area contributed by atoms with Gasteiger partial charge in [0.15, 0.2) is 0 Å². The standard InChI is InChI=1S/C15H19FN2O2S/c1-11-10-21(19,20)18(14-5-3-4-13(16)8-14)15(11)6-7-17-12(2)9-15/h3-5,8,10,12,17H,6-7,9H2,1-2H3. The van der Waals surface area contributed by atoms with Crippen molar-refractivity contribution in [2.45, 2.75) is 38.3 Å². The van der Waals surface area contributed by atoms with Gasteiger partial charge in [-0.15, -0.1) is 0 Å². The third-order valence-electron chi connectivity index (χ3n) is 4.42. The van der Waals surface area contributed by atoms with Crippen LogP contribution in [0.15, 0.2) is 35.2 Å². The molecular formula is C15H19FN2O2S. The number of piperidine rings is 1. The summed E-state index contributed by atoms with van der Waals surface area (Å²) in [5.74, 6) is -0.426. The van der Waals surface area contributed by atoms with E-state index in [0.29, 0.717) is 18.5 Å². The lowest BCUT2D eigenvalue weighted by atomic mass is 9.79. The van der Waals surface area contributed by atoms with Gasteiger partial charge in [-0.1, -0.05) is 6.07 Å². The molecule has 114 valence electrons. The van der Waals surface area contributed by atoms with Gasteiger partial charge in [0.1, 0.15) is 5.82 Å². The van der Waals surface area contributed by atoms with Crippen LogP contribution in [0.1, 0.15) is 26.7 Å². The van der Waals surface area contributed by atoms with E-state index in [1.54, 1.807) is 12.1 Å². The Morgan fingerprint density at radius 3 is 2.86 bits per heavy atom. The molecule has 2 heterocycles. The van der Waals surface area contributed by atoms with E-state index < -0.39 is 21.4 Å². The molecule has 2 aliphatic heterocycles. The van der Waals surface area contributed by atoms with Crippen LogP contribution >= 0.6 is 0 Å². The number of benzene rings is 1. The Labute approximate surface area is 124 Å². The summed E-state index contributed by atoms with van der Waals surface area (Å²) in [5, 5.41) is 4.67. The second kappa shape index (κ2) is 4.81. The highest BCUT2D eigenvalue weighted by atomic mass is 32.2. The van der Waals surface area contributed by atoms with E-state index in [1.807, 2.05) is 13.8 Å². The molecule has 2 atom stereocenters. The van der Waals surface area contributed by atoms with Gasteiger partial charge in [0.05, 0.1) is 16.6 Å². The molecule has 0 amide bonds. The van der Waals surface area contributed by atoms with E-state index in [-0.39, 0.29) is 6.04 Å². The third kappa shape index (κ3) is 2.26. The van der Waals surface area contributed by atoms with Gasteiger partial charge in [0.25, 0.3) is 10.0 Å². The fourth-order valence-electron chi connectivity index (χ4n) is 3.53. The van der Waals surface area contributed by atoms with Crippen LogP contribution < -0.4 is 9.62 Å². The fraction of sp³-hybridized carbons (Fsp3) is 0.467. The minimum atomic E-state index is -3.56. The van der Waals surface area contributed by atoms with Crippen LogP contribution in [0, 0.1) is 5.82 Å². The van der Waals surface area contributed by atoms with E-state index in [0.717, 1.165) is 12.1 Å². The van der Waals surface area contributed by atoms with Crippen LogP contribution in [0.25, 0.3) is 0 Å². The predicted molar refractivity (Wildman–Crippen MR) is 81.0 cm³/mol. The van der Waals surface area contributed by atoms with Crippen molar-refractivity contribution in [3.05, 3.63) is 41.1 Å². The summed E-state index contributed by atoms with van der Waals surface area (Å²) in [4.78, 5) is 0. The average molecular weight is 310 g/mol. The molecule has 2 aliphatic rings. The molecular weight excluding hydrogens is 291 g/mol. The molecule has 2 unspecified atom stereocenters. The maximum atomic E-state index is 13.6. The lowest BCUT2D eigenvalue weighted by Crippen LogP contribution is -2.56. The molecule has 1 aromatic rings. The van der Waals surface area contributed by atoms with Gasteiger partial charge in [-0.25, -0.2) is 12.8 Å². The Balaban J connectivity index is 2.15. The Morgan fingerprint density at radius 2 is 2.19 bits per heavy atom. The van der Waals surface area contributed by atoms with Gasteiger partial charge in [0.2, 0.25) is 0 Å². The molecule has 1 aromatic carbocycles. The molecule has 21 heavy (non-hydrogen) atoms. The SMILES string of the molecule is CC1=CS(=O)(=O)N(c2cccc(F)c2)C12CCNC(C)C2. The number of rotatable bonds is 1. The number of nitrogens with one attached hydrogen (secondary N) is 1. The lowest BCUT2D eigenvalue weighted by molar-refractivity contribution is 0.309. The van der Waals surface area contributed by atoms with E-state index in [9.17, 15) is 12.8 Å². The molecule has 1 saturated heterocycles. The quantitative estimate of drug-likeness (QED) is 0.866. The van der Waals surface area contributed by atoms with Crippen LogP contribution in [-0.2, 0) is 10.0 Å². The summed E-state index contributed by atoms with van der Waals surface area (Å²) in [6.07, 6.45) is 1.38. The Hall–Kier alpha value is -1.40. The topological polar surface area (TPSA) is 49.4 Å². The first-order chi connectivity index (χ1) is 9.85. The van der Waals surface area contributed by atoms with Crippen molar-refractivity contribution in [1.29, 1.82) is 0 Å². The number of anilines is 1. The molecule has 1 fully saturated rings. The molecule has 4 nitrogen and oxygen atoms in total. The first-order valence-electron chi connectivity index (χ1n) is 7.08. The first kappa shape index (κ1) is 14.5. The first-order valence-corrected chi connectivity index (χ1v) is 8.59. The number of halogens is 1. The lowest BCUT2D eigenvalue weighted by Gasteiger charge is -2.45. The van der Waals surface area contributed by atoms with Gasteiger partial charge in [-0.2, -0.15) is 0 Å². The second-order valence-corrected chi connectivity index (χ2v) is 7.56. The number of sulfonamides is 1. The second-order valence-electron chi connectivity index (χ2n) is 5.93. The summed E-state index contributed by atoms with van der Waals surface area (Å²) in [5.41, 5.74) is 0.661. The molecule has 3 rings (SSSR count). The van der Waals surface area contributed by atoms with Crippen LogP contribution in [-0.4, -0.2) is 26.5 Å². The normalized spacial score (nSPS) is 31.5. The predicted octanol–water partition coefficient (Wildman–Crippen LogP) is 2.39. The van der Waals surface area contributed by atoms with E-state index in [2.05, 4.69) is 5.32 Å². The van der Waals surface area contributed by atoms with Crippen molar-refractivity contribution >= 4 is 15.7 Å². The van der Waals surface area contributed by atoms with Crippen LogP contribution in [0.5, 0.6) is 0 Å². The van der Waals surface area contributed by atoms with Crippen molar-refractivity contribution < 1.29 is 12.8 Å². The van der Waals surface area contributed by atoms with Gasteiger partial charge in [-0.3, -0.25) is 4.31 Å². The summed E-state index contributed by atoms with van der Waals surface area (Å²) < 4.78 is 40.1. The third-order valence-corrected chi connectivity index (χ3v) is 6.14. The largest absolute Gasteiger partial charge is 0.314 e. The van der Waals surface area contributed by atoms with Gasteiger partial charge >= 0.3 is 0 Å². The highest BCUT2D eigenvalue weighted by molar-refractivity contribution is 7.96. The van der Waals surface area contributed by atoms with Gasteiger partial charge in [0, 0.05) is 6.04 Å². The smallest absolute Gasteiger partial charge is 0.258 e. The Bertz CT molecular complexity index is 701. The fourth-order valence-corrected chi connectivity index (χ4v) is 5.51. The molecule has 0 radical (unpaired) electrons. The van der Waals surface area contributed by atoms with Crippen LogP contribution in [0.3, 0.4) is 0 Å². The minimum absolute atomic E-state index is 0.214. The van der Waals surface area contributed by atoms with Crippen molar-refractivity contribution in [3.63, 3.8) is 0 Å². The van der Waals surface area contributed by atoms with E-state index in [1.165, 1.54) is 21.8 Å². The van der Waals surface area contributed by atoms with Crippen molar-refractivity contribution in [1.82, 2.24) is 5.32 Å². The summed E-state index contributed by atoms with van der Waals surface area (Å²) in [6.45, 7) is 4.64. The van der Waals surface area contributed by atoms with Crippen LogP contribution in [0.4, 0.5) is 10.1 Å². The highest BCUT2D eigenvalue weighted by Gasteiger charge is 2.51. The molecule has 0 aromatic heterocycles. The molecule has 0 aliphatic carbocycles. The molecule has 1 spiro atoms. The number of hydrogen-bond acceptors (Lipinski definition) is 3. The highest BCUT2D eigenvalue weighted by Crippen LogP contribution is 2.45.